The molecule has 2 heterocycles. The average Bonchev–Trinajstić information content (AvgIpc) is 2.42. The highest BCUT2D eigenvalue weighted by atomic mass is 19.1. The Morgan fingerprint density at radius 2 is 2.05 bits per heavy atom. The van der Waals surface area contributed by atoms with Crippen LogP contribution < -0.4 is 5.32 Å². The number of rotatable bonds is 2. The number of aromatic nitrogens is 2. The van der Waals surface area contributed by atoms with Gasteiger partial charge in [-0.15, -0.1) is 0 Å². The quantitative estimate of drug-likeness (QED) is 0.853. The van der Waals surface area contributed by atoms with Gasteiger partial charge in [0.05, 0.1) is 12.3 Å². The smallest absolute Gasteiger partial charge is 0.274 e. The Morgan fingerprint density at radius 3 is 2.70 bits per heavy atom. The van der Waals surface area contributed by atoms with Crippen LogP contribution in [0.5, 0.6) is 0 Å². The molecule has 0 saturated carbocycles. The zero-order chi connectivity index (χ0) is 14.7. The second-order valence-corrected chi connectivity index (χ2v) is 4.18. The number of carbonyl (C=O) groups is 1. The predicted octanol–water partition coefficient (Wildman–Crippen LogP) is 3.04. The van der Waals surface area contributed by atoms with Crippen LogP contribution in [0.25, 0.3) is 4.85 Å². The molecular formula is C14H11FN4O. The predicted molar refractivity (Wildman–Crippen MR) is 72.1 cm³/mol. The lowest BCUT2D eigenvalue weighted by Crippen LogP contribution is -2.15. The molecule has 2 aromatic heterocycles. The van der Waals surface area contributed by atoms with Crippen molar-refractivity contribution in [1.29, 1.82) is 0 Å². The van der Waals surface area contributed by atoms with Gasteiger partial charge in [-0.1, -0.05) is 0 Å². The van der Waals surface area contributed by atoms with E-state index in [0.717, 1.165) is 0 Å². The van der Waals surface area contributed by atoms with Gasteiger partial charge < -0.3 is 5.32 Å². The molecule has 0 spiro atoms. The number of halogens is 1. The summed E-state index contributed by atoms with van der Waals surface area (Å²) in [5, 5.41) is 2.52. The van der Waals surface area contributed by atoms with Crippen molar-refractivity contribution >= 4 is 17.4 Å². The summed E-state index contributed by atoms with van der Waals surface area (Å²) in [4.78, 5) is 23.3. The average molecular weight is 270 g/mol. The molecule has 0 bridgehead atoms. The van der Waals surface area contributed by atoms with Gasteiger partial charge in [0.15, 0.2) is 5.69 Å². The van der Waals surface area contributed by atoms with Gasteiger partial charge in [0, 0.05) is 5.69 Å². The molecule has 5 nitrogen and oxygen atoms in total. The van der Waals surface area contributed by atoms with Crippen LogP contribution in [0.15, 0.2) is 24.3 Å². The van der Waals surface area contributed by atoms with Crippen LogP contribution >= 0.6 is 0 Å². The first-order valence-electron chi connectivity index (χ1n) is 5.80. The first-order chi connectivity index (χ1) is 9.49. The van der Waals surface area contributed by atoms with Gasteiger partial charge in [-0.3, -0.25) is 9.78 Å². The van der Waals surface area contributed by atoms with E-state index in [4.69, 9.17) is 6.57 Å². The zero-order valence-corrected chi connectivity index (χ0v) is 10.9. The molecule has 0 radical (unpaired) electrons. The summed E-state index contributed by atoms with van der Waals surface area (Å²) in [7, 11) is 0. The van der Waals surface area contributed by atoms with Crippen LogP contribution in [0.3, 0.4) is 0 Å². The van der Waals surface area contributed by atoms with Crippen molar-refractivity contribution in [2.24, 2.45) is 0 Å². The van der Waals surface area contributed by atoms with Crippen LogP contribution in [0.4, 0.5) is 15.9 Å². The van der Waals surface area contributed by atoms with Gasteiger partial charge in [-0.25, -0.2) is 14.2 Å². The highest BCUT2D eigenvalue weighted by Crippen LogP contribution is 2.16. The number of aryl methyl sites for hydroxylation is 2. The Bertz CT molecular complexity index is 722. The van der Waals surface area contributed by atoms with Gasteiger partial charge in [0.2, 0.25) is 0 Å². The van der Waals surface area contributed by atoms with Crippen molar-refractivity contribution in [2.45, 2.75) is 13.8 Å². The summed E-state index contributed by atoms with van der Waals surface area (Å²) in [6.07, 6.45) is 0. The maximum atomic E-state index is 13.1. The Kier molecular flexibility index (Phi) is 3.71. The largest absolute Gasteiger partial charge is 0.305 e. The number of carbonyl (C=O) groups excluding carboxylic acids is 1. The number of nitrogens with zero attached hydrogens (tertiary/aromatic N) is 3. The van der Waals surface area contributed by atoms with E-state index in [0.29, 0.717) is 11.4 Å². The van der Waals surface area contributed by atoms with Crippen molar-refractivity contribution in [3.05, 3.63) is 58.6 Å². The minimum absolute atomic E-state index is 0.125. The minimum Gasteiger partial charge on any atom is -0.305 e. The molecule has 0 aliphatic rings. The molecular weight excluding hydrogens is 259 g/mol. The summed E-state index contributed by atoms with van der Waals surface area (Å²) < 4.78 is 13.1. The van der Waals surface area contributed by atoms with Gasteiger partial charge in [-0.2, -0.15) is 0 Å². The normalized spacial score (nSPS) is 9.90. The van der Waals surface area contributed by atoms with Gasteiger partial charge >= 0.3 is 0 Å². The molecule has 100 valence electrons. The fourth-order valence-electron chi connectivity index (χ4n) is 1.63. The van der Waals surface area contributed by atoms with Crippen molar-refractivity contribution in [1.82, 2.24) is 9.97 Å². The number of pyridine rings is 2. The Labute approximate surface area is 115 Å². The molecule has 0 fully saturated rings. The third-order valence-corrected chi connectivity index (χ3v) is 2.56. The highest BCUT2D eigenvalue weighted by molar-refractivity contribution is 6.02. The van der Waals surface area contributed by atoms with Crippen LogP contribution in [-0.4, -0.2) is 15.9 Å². The molecule has 1 amide bonds. The fourth-order valence-corrected chi connectivity index (χ4v) is 1.63. The van der Waals surface area contributed by atoms with Crippen molar-refractivity contribution in [2.75, 3.05) is 5.32 Å². The Hall–Kier alpha value is -2.81. The molecule has 0 aliphatic carbocycles. The molecule has 0 unspecified atom stereocenters. The molecule has 0 saturated heterocycles. The molecule has 0 aromatic carbocycles. The molecule has 20 heavy (non-hydrogen) atoms. The summed E-state index contributed by atoms with van der Waals surface area (Å²) in [5.74, 6) is -0.689. The van der Waals surface area contributed by atoms with Gasteiger partial charge in [0.1, 0.15) is 17.3 Å². The second-order valence-electron chi connectivity index (χ2n) is 4.18. The van der Waals surface area contributed by atoms with E-state index in [2.05, 4.69) is 20.1 Å². The van der Waals surface area contributed by atoms with E-state index in [9.17, 15) is 9.18 Å². The van der Waals surface area contributed by atoms with Gasteiger partial charge in [0.25, 0.3) is 5.91 Å². The van der Waals surface area contributed by atoms with Crippen LogP contribution in [-0.2, 0) is 0 Å². The van der Waals surface area contributed by atoms with E-state index in [1.165, 1.54) is 25.1 Å². The van der Waals surface area contributed by atoms with E-state index >= 15 is 0 Å². The number of hydrogen-bond donors (Lipinski definition) is 1. The summed E-state index contributed by atoms with van der Waals surface area (Å²) in [6, 6.07) is 5.58. The lowest BCUT2D eigenvalue weighted by atomic mass is 10.2. The lowest BCUT2D eigenvalue weighted by Gasteiger charge is -2.06. The first kappa shape index (κ1) is 13.6. The molecule has 0 aliphatic heterocycles. The van der Waals surface area contributed by atoms with Crippen LogP contribution in [0.2, 0.25) is 0 Å². The van der Waals surface area contributed by atoms with E-state index < -0.39 is 11.7 Å². The molecule has 2 rings (SSSR count). The maximum Gasteiger partial charge on any atom is 0.274 e. The third-order valence-electron chi connectivity index (χ3n) is 2.56. The maximum absolute atomic E-state index is 13.1. The number of hydrogen-bond acceptors (Lipinski definition) is 3. The first-order valence-corrected chi connectivity index (χ1v) is 5.80. The minimum atomic E-state index is -0.489. The molecule has 1 N–H and O–H groups in total. The lowest BCUT2D eigenvalue weighted by molar-refractivity contribution is 0.102. The highest BCUT2D eigenvalue weighted by Gasteiger charge is 2.11. The van der Waals surface area contributed by atoms with E-state index in [1.807, 2.05) is 0 Å². The number of amides is 1. The number of anilines is 1. The standard InChI is InChI=1S/C14H11FN4O/c1-8-6-10(16-3)7-12(17-8)14(20)19-13-5-4-11(15)9(2)18-13/h4-7H,1-2H3,(H,18,19,20). The topological polar surface area (TPSA) is 59.2 Å². The van der Waals surface area contributed by atoms with Crippen molar-refractivity contribution in [3.63, 3.8) is 0 Å². The Morgan fingerprint density at radius 1 is 1.30 bits per heavy atom. The zero-order valence-electron chi connectivity index (χ0n) is 10.9. The van der Waals surface area contributed by atoms with Crippen LogP contribution in [0, 0.1) is 26.2 Å². The molecule has 2 aromatic rings. The summed E-state index contributed by atoms with van der Waals surface area (Å²) in [5.41, 5.74) is 1.24. The van der Waals surface area contributed by atoms with E-state index in [1.54, 1.807) is 13.0 Å². The van der Waals surface area contributed by atoms with Gasteiger partial charge in [-0.05, 0) is 38.1 Å². The summed E-state index contributed by atoms with van der Waals surface area (Å²) >= 11 is 0. The third kappa shape index (κ3) is 2.95. The monoisotopic (exact) mass is 270 g/mol. The molecule has 6 heteroatoms. The Balaban J connectivity index is 2.26. The SMILES string of the molecule is [C-]#[N+]c1cc(C)nc(C(=O)Nc2ccc(F)c(C)n2)c1. The molecule has 0 atom stereocenters. The second kappa shape index (κ2) is 5.45. The van der Waals surface area contributed by atoms with E-state index in [-0.39, 0.29) is 17.2 Å². The van der Waals surface area contributed by atoms with Crippen LogP contribution in [0.1, 0.15) is 21.9 Å². The summed E-state index contributed by atoms with van der Waals surface area (Å²) in [6.45, 7) is 10.2. The fraction of sp³-hybridized carbons (Fsp3) is 0.143. The van der Waals surface area contributed by atoms with Crippen molar-refractivity contribution < 1.29 is 9.18 Å². The van der Waals surface area contributed by atoms with Crippen molar-refractivity contribution in [3.8, 4) is 0 Å². The number of nitrogens with one attached hydrogen (secondary N) is 1.